The van der Waals surface area contributed by atoms with Crippen LogP contribution in [0.2, 0.25) is 0 Å². The highest BCUT2D eigenvalue weighted by molar-refractivity contribution is 5.82. The monoisotopic (exact) mass is 244 g/mol. The first kappa shape index (κ1) is 11.8. The zero-order chi connectivity index (χ0) is 12.4. The molecule has 1 fully saturated rings. The van der Waals surface area contributed by atoms with Crippen molar-refractivity contribution in [3.8, 4) is 0 Å². The Labute approximate surface area is 108 Å². The summed E-state index contributed by atoms with van der Waals surface area (Å²) in [5, 5.41) is 4.88. The van der Waals surface area contributed by atoms with Gasteiger partial charge < -0.3 is 15.0 Å². The van der Waals surface area contributed by atoms with Crippen LogP contribution in [0, 0.1) is 0 Å². The van der Waals surface area contributed by atoms with Crippen LogP contribution in [0.4, 0.5) is 0 Å². The van der Waals surface area contributed by atoms with Gasteiger partial charge in [-0.25, -0.2) is 0 Å². The largest absolute Gasteiger partial charge is 0.377 e. The molecule has 0 radical (unpaired) electrons. The van der Waals surface area contributed by atoms with Crippen LogP contribution in [0.25, 0.3) is 10.9 Å². The van der Waals surface area contributed by atoms with Crippen molar-refractivity contribution in [3.63, 3.8) is 0 Å². The molecule has 2 atom stereocenters. The number of ether oxygens (including phenoxy) is 1. The molecule has 1 saturated heterocycles. The molecular formula is C15H20N2O. The first-order chi connectivity index (χ1) is 8.84. The van der Waals surface area contributed by atoms with Crippen molar-refractivity contribution in [1.82, 2.24) is 10.3 Å². The van der Waals surface area contributed by atoms with Crippen molar-refractivity contribution in [3.05, 3.63) is 36.0 Å². The molecule has 2 unspecified atom stereocenters. The van der Waals surface area contributed by atoms with Crippen molar-refractivity contribution in [2.75, 3.05) is 6.61 Å². The minimum absolute atomic E-state index is 0.384. The summed E-state index contributed by atoms with van der Waals surface area (Å²) in [6.45, 7) is 4.03. The Kier molecular flexibility index (Phi) is 3.35. The minimum atomic E-state index is 0.384. The third kappa shape index (κ3) is 2.28. The smallest absolute Gasteiger partial charge is 0.0726 e. The molecule has 2 N–H and O–H groups in total. The summed E-state index contributed by atoms with van der Waals surface area (Å²) in [6, 6.07) is 8.84. The zero-order valence-electron chi connectivity index (χ0n) is 10.8. The van der Waals surface area contributed by atoms with E-state index in [9.17, 15) is 0 Å². The average molecular weight is 244 g/mol. The lowest BCUT2D eigenvalue weighted by molar-refractivity contribution is 0.0832. The van der Waals surface area contributed by atoms with Crippen LogP contribution in [0.3, 0.4) is 0 Å². The van der Waals surface area contributed by atoms with Gasteiger partial charge in [-0.05, 0) is 31.4 Å². The highest BCUT2D eigenvalue weighted by Crippen LogP contribution is 2.19. The lowest BCUT2D eigenvalue weighted by atomic mass is 10.1. The van der Waals surface area contributed by atoms with E-state index in [1.54, 1.807) is 0 Å². The molecule has 0 saturated carbocycles. The average Bonchev–Trinajstić information content (AvgIpc) is 3.06. The molecule has 0 aliphatic carbocycles. The van der Waals surface area contributed by atoms with Crippen LogP contribution < -0.4 is 5.32 Å². The van der Waals surface area contributed by atoms with Crippen molar-refractivity contribution in [1.29, 1.82) is 0 Å². The Balaban J connectivity index is 1.65. The molecule has 0 amide bonds. The van der Waals surface area contributed by atoms with Gasteiger partial charge in [-0.1, -0.05) is 18.2 Å². The maximum absolute atomic E-state index is 5.70. The number of hydrogen-bond acceptors (Lipinski definition) is 2. The molecule has 18 heavy (non-hydrogen) atoms. The number of para-hydroxylation sites is 1. The molecule has 1 aliphatic heterocycles. The number of benzene rings is 1. The summed E-state index contributed by atoms with van der Waals surface area (Å²) in [4.78, 5) is 3.31. The minimum Gasteiger partial charge on any atom is -0.377 e. The van der Waals surface area contributed by atoms with Crippen molar-refractivity contribution in [2.45, 2.75) is 38.5 Å². The number of rotatable bonds is 4. The van der Waals surface area contributed by atoms with Gasteiger partial charge in [-0.3, -0.25) is 0 Å². The first-order valence-corrected chi connectivity index (χ1v) is 6.74. The highest BCUT2D eigenvalue weighted by Gasteiger charge is 2.21. The summed E-state index contributed by atoms with van der Waals surface area (Å²) in [6.07, 6.45) is 4.86. The van der Waals surface area contributed by atoms with E-state index in [0.717, 1.165) is 13.2 Å². The third-order valence-corrected chi connectivity index (χ3v) is 3.81. The van der Waals surface area contributed by atoms with Crippen LogP contribution in [0.15, 0.2) is 30.5 Å². The van der Waals surface area contributed by atoms with Gasteiger partial charge in [0.1, 0.15) is 0 Å². The molecule has 2 aromatic rings. The molecule has 3 heteroatoms. The fraction of sp³-hybridized carbons (Fsp3) is 0.467. The van der Waals surface area contributed by atoms with Crippen LogP contribution >= 0.6 is 0 Å². The second kappa shape index (κ2) is 5.12. The number of fused-ring (bicyclic) bond motifs is 1. The van der Waals surface area contributed by atoms with Gasteiger partial charge in [0, 0.05) is 36.3 Å². The van der Waals surface area contributed by atoms with Crippen LogP contribution in [0.5, 0.6) is 0 Å². The summed E-state index contributed by atoms with van der Waals surface area (Å²) >= 11 is 0. The van der Waals surface area contributed by atoms with E-state index in [2.05, 4.69) is 47.7 Å². The molecule has 0 bridgehead atoms. The Morgan fingerprint density at radius 2 is 2.33 bits per heavy atom. The molecule has 3 rings (SSSR count). The standard InChI is InChI=1S/C15H20N2O/c1-11(15-7-4-8-18-15)16-9-12-10-17-14-6-3-2-5-13(12)14/h2-3,5-6,10-11,15-17H,4,7-9H2,1H3. The predicted molar refractivity (Wildman–Crippen MR) is 73.6 cm³/mol. The van der Waals surface area contributed by atoms with Crippen LogP contribution in [-0.2, 0) is 11.3 Å². The summed E-state index contributed by atoms with van der Waals surface area (Å²) in [5.74, 6) is 0. The molecule has 3 nitrogen and oxygen atoms in total. The number of aromatic nitrogens is 1. The molecule has 2 heterocycles. The van der Waals surface area contributed by atoms with Crippen LogP contribution in [0.1, 0.15) is 25.3 Å². The second-order valence-corrected chi connectivity index (χ2v) is 5.08. The Morgan fingerprint density at radius 3 is 3.17 bits per heavy atom. The topological polar surface area (TPSA) is 37.0 Å². The van der Waals surface area contributed by atoms with E-state index in [-0.39, 0.29) is 0 Å². The van der Waals surface area contributed by atoms with Crippen molar-refractivity contribution >= 4 is 10.9 Å². The normalized spacial score (nSPS) is 21.5. The number of H-pyrrole nitrogens is 1. The van der Waals surface area contributed by atoms with Crippen molar-refractivity contribution < 1.29 is 4.74 Å². The molecule has 0 spiro atoms. The fourth-order valence-electron chi connectivity index (χ4n) is 2.68. The SMILES string of the molecule is CC(NCc1c[nH]c2ccccc12)C1CCCO1. The predicted octanol–water partition coefficient (Wildman–Crippen LogP) is 2.83. The second-order valence-electron chi connectivity index (χ2n) is 5.08. The van der Waals surface area contributed by atoms with E-state index in [0.29, 0.717) is 12.1 Å². The van der Waals surface area contributed by atoms with Crippen LogP contribution in [-0.4, -0.2) is 23.7 Å². The van der Waals surface area contributed by atoms with E-state index in [1.807, 2.05) is 0 Å². The molecule has 1 aromatic heterocycles. The Morgan fingerprint density at radius 1 is 1.44 bits per heavy atom. The van der Waals surface area contributed by atoms with Gasteiger partial charge in [-0.2, -0.15) is 0 Å². The summed E-state index contributed by atoms with van der Waals surface area (Å²) < 4.78 is 5.70. The Bertz CT molecular complexity index is 514. The van der Waals surface area contributed by atoms with Crippen molar-refractivity contribution in [2.24, 2.45) is 0 Å². The van der Waals surface area contributed by atoms with Gasteiger partial charge >= 0.3 is 0 Å². The summed E-state index contributed by atoms with van der Waals surface area (Å²) in [7, 11) is 0. The highest BCUT2D eigenvalue weighted by atomic mass is 16.5. The maximum Gasteiger partial charge on any atom is 0.0726 e. The van der Waals surface area contributed by atoms with E-state index >= 15 is 0 Å². The van der Waals surface area contributed by atoms with Gasteiger partial charge in [0.05, 0.1) is 6.10 Å². The van der Waals surface area contributed by atoms with Gasteiger partial charge in [0.15, 0.2) is 0 Å². The molecule has 1 aromatic carbocycles. The van der Waals surface area contributed by atoms with Gasteiger partial charge in [0.25, 0.3) is 0 Å². The third-order valence-electron chi connectivity index (χ3n) is 3.81. The maximum atomic E-state index is 5.70. The quantitative estimate of drug-likeness (QED) is 0.867. The molecule has 1 aliphatic rings. The molecule has 96 valence electrons. The zero-order valence-corrected chi connectivity index (χ0v) is 10.8. The Hall–Kier alpha value is -1.32. The van der Waals surface area contributed by atoms with E-state index in [1.165, 1.54) is 29.3 Å². The lowest BCUT2D eigenvalue weighted by Crippen LogP contribution is -2.36. The fourth-order valence-corrected chi connectivity index (χ4v) is 2.68. The van der Waals surface area contributed by atoms with E-state index < -0.39 is 0 Å². The summed E-state index contributed by atoms with van der Waals surface area (Å²) in [5.41, 5.74) is 2.54. The lowest BCUT2D eigenvalue weighted by Gasteiger charge is -2.19. The number of nitrogens with one attached hydrogen (secondary N) is 2. The van der Waals surface area contributed by atoms with E-state index in [4.69, 9.17) is 4.74 Å². The number of aromatic amines is 1. The molecular weight excluding hydrogens is 224 g/mol. The van der Waals surface area contributed by atoms with Gasteiger partial charge in [0.2, 0.25) is 0 Å². The first-order valence-electron chi connectivity index (χ1n) is 6.74. The number of hydrogen-bond donors (Lipinski definition) is 2. The van der Waals surface area contributed by atoms with Gasteiger partial charge in [-0.15, -0.1) is 0 Å².